The Balaban J connectivity index is 1.87. The lowest BCUT2D eigenvalue weighted by atomic mass is 10.1. The van der Waals surface area contributed by atoms with Crippen LogP contribution in [0.2, 0.25) is 0 Å². The van der Waals surface area contributed by atoms with Crippen molar-refractivity contribution in [2.75, 3.05) is 6.61 Å². The van der Waals surface area contributed by atoms with Gasteiger partial charge in [-0.3, -0.25) is 4.79 Å². The normalized spacial score (nSPS) is 14.6. The van der Waals surface area contributed by atoms with Gasteiger partial charge in [0.25, 0.3) is 0 Å². The molecule has 0 aliphatic rings. The molecule has 0 aliphatic carbocycles. The molecule has 0 radical (unpaired) electrons. The lowest BCUT2D eigenvalue weighted by molar-refractivity contribution is -0.152. The number of carbonyl (C=O) groups excluding carboxylic acids is 1. The maximum Gasteiger partial charge on any atom is 0.305 e. The molecular formula is C18H25N3O5. The molecule has 0 aliphatic heterocycles. The molecule has 3 atom stereocenters. The summed E-state index contributed by atoms with van der Waals surface area (Å²) in [5.74, 6) is -0.436. The number of esters is 1. The van der Waals surface area contributed by atoms with Crippen LogP contribution in [0.25, 0.3) is 5.69 Å². The summed E-state index contributed by atoms with van der Waals surface area (Å²) in [6.07, 6.45) is -0.225. The van der Waals surface area contributed by atoms with Crippen molar-refractivity contribution in [3.8, 4) is 5.69 Å². The van der Waals surface area contributed by atoms with E-state index in [0.717, 1.165) is 19.3 Å². The second-order valence-electron chi connectivity index (χ2n) is 6.04. The standard InChI is InChI=1S/C18H25N3O5/c1-2-3-5-10-16(23)26-12-15(22)18(25)17(24)14-11-19-21(20-14)13-8-6-4-7-9-13/h4,6-9,11,15,17-18,22,24-25H,2-3,5,10,12H2,1H3/t15-,17-,18+/m1/s1. The van der Waals surface area contributed by atoms with Crippen molar-refractivity contribution in [1.82, 2.24) is 15.0 Å². The Morgan fingerprint density at radius 3 is 2.62 bits per heavy atom. The van der Waals surface area contributed by atoms with Crippen molar-refractivity contribution < 1.29 is 24.9 Å². The zero-order valence-corrected chi connectivity index (χ0v) is 14.7. The molecule has 2 aromatic rings. The third-order valence-electron chi connectivity index (χ3n) is 3.92. The van der Waals surface area contributed by atoms with Crippen LogP contribution >= 0.6 is 0 Å². The van der Waals surface area contributed by atoms with Crippen LogP contribution in [0.4, 0.5) is 0 Å². The summed E-state index contributed by atoms with van der Waals surface area (Å²) in [6.45, 7) is 1.64. The highest BCUT2D eigenvalue weighted by Gasteiger charge is 2.29. The summed E-state index contributed by atoms with van der Waals surface area (Å²) >= 11 is 0. The van der Waals surface area contributed by atoms with Crippen LogP contribution in [0.5, 0.6) is 0 Å². The largest absolute Gasteiger partial charge is 0.463 e. The maximum atomic E-state index is 11.5. The molecule has 3 N–H and O–H groups in total. The maximum absolute atomic E-state index is 11.5. The molecule has 8 nitrogen and oxygen atoms in total. The average Bonchev–Trinajstić information content (AvgIpc) is 3.16. The van der Waals surface area contributed by atoms with E-state index in [4.69, 9.17) is 4.74 Å². The first-order valence-electron chi connectivity index (χ1n) is 8.70. The Kier molecular flexibility index (Phi) is 7.71. The van der Waals surface area contributed by atoms with Gasteiger partial charge in [0, 0.05) is 6.42 Å². The van der Waals surface area contributed by atoms with Crippen molar-refractivity contribution >= 4 is 5.97 Å². The number of benzene rings is 1. The third kappa shape index (κ3) is 5.62. The smallest absolute Gasteiger partial charge is 0.305 e. The quantitative estimate of drug-likeness (QED) is 0.428. The lowest BCUT2D eigenvalue weighted by Gasteiger charge is -2.21. The van der Waals surface area contributed by atoms with Crippen molar-refractivity contribution in [3.63, 3.8) is 0 Å². The van der Waals surface area contributed by atoms with Gasteiger partial charge in [-0.05, 0) is 18.6 Å². The predicted octanol–water partition coefficient (Wildman–Crippen LogP) is 1.15. The van der Waals surface area contributed by atoms with Crippen LogP contribution in [0, 0.1) is 0 Å². The van der Waals surface area contributed by atoms with Gasteiger partial charge in [-0.15, -0.1) is 0 Å². The number of unbranched alkanes of at least 4 members (excludes halogenated alkanes) is 2. The molecule has 0 unspecified atom stereocenters. The molecule has 0 saturated heterocycles. The predicted molar refractivity (Wildman–Crippen MR) is 93.4 cm³/mol. The van der Waals surface area contributed by atoms with E-state index < -0.39 is 30.9 Å². The zero-order chi connectivity index (χ0) is 18.9. The summed E-state index contributed by atoms with van der Waals surface area (Å²) in [7, 11) is 0. The van der Waals surface area contributed by atoms with Crippen LogP contribution in [-0.4, -0.2) is 55.1 Å². The molecule has 0 bridgehead atoms. The fraction of sp³-hybridized carbons (Fsp3) is 0.500. The average molecular weight is 363 g/mol. The lowest BCUT2D eigenvalue weighted by Crippen LogP contribution is -2.36. The molecule has 0 spiro atoms. The van der Waals surface area contributed by atoms with Crippen LogP contribution in [0.1, 0.15) is 44.4 Å². The number of para-hydroxylation sites is 1. The van der Waals surface area contributed by atoms with Crippen molar-refractivity contribution in [2.24, 2.45) is 0 Å². The minimum Gasteiger partial charge on any atom is -0.463 e. The highest BCUT2D eigenvalue weighted by atomic mass is 16.5. The van der Waals surface area contributed by atoms with Gasteiger partial charge in [0.05, 0.1) is 11.9 Å². The van der Waals surface area contributed by atoms with E-state index in [9.17, 15) is 20.1 Å². The number of aliphatic hydroxyl groups is 3. The van der Waals surface area contributed by atoms with Crippen LogP contribution in [0.15, 0.2) is 36.5 Å². The topological polar surface area (TPSA) is 118 Å². The first kappa shape index (κ1) is 20.0. The van der Waals surface area contributed by atoms with Crippen molar-refractivity contribution in [2.45, 2.75) is 50.9 Å². The fourth-order valence-electron chi connectivity index (χ4n) is 2.35. The van der Waals surface area contributed by atoms with E-state index in [1.165, 1.54) is 11.0 Å². The number of aliphatic hydroxyl groups excluding tert-OH is 3. The SMILES string of the molecule is CCCCCC(=O)OC[C@@H](O)[C@H](O)[C@H](O)c1cnn(-c2ccccc2)n1. The number of carbonyl (C=O) groups is 1. The Morgan fingerprint density at radius 1 is 1.19 bits per heavy atom. The summed E-state index contributed by atoms with van der Waals surface area (Å²) in [5.41, 5.74) is 0.802. The summed E-state index contributed by atoms with van der Waals surface area (Å²) in [5, 5.41) is 38.4. The highest BCUT2D eigenvalue weighted by molar-refractivity contribution is 5.69. The molecule has 2 rings (SSSR count). The second kappa shape index (κ2) is 10.0. The van der Waals surface area contributed by atoms with Crippen LogP contribution < -0.4 is 0 Å². The van der Waals surface area contributed by atoms with Gasteiger partial charge in [-0.1, -0.05) is 38.0 Å². The molecule has 1 aromatic carbocycles. The monoisotopic (exact) mass is 363 g/mol. The molecule has 0 fully saturated rings. The molecule has 142 valence electrons. The highest BCUT2D eigenvalue weighted by Crippen LogP contribution is 2.18. The Labute approximate surface area is 152 Å². The van der Waals surface area contributed by atoms with Gasteiger partial charge < -0.3 is 20.1 Å². The van der Waals surface area contributed by atoms with Gasteiger partial charge in [-0.2, -0.15) is 15.0 Å². The molecular weight excluding hydrogens is 338 g/mol. The van der Waals surface area contributed by atoms with Gasteiger partial charge in [0.15, 0.2) is 0 Å². The number of nitrogens with zero attached hydrogens (tertiary/aromatic N) is 3. The number of rotatable bonds is 10. The Bertz CT molecular complexity index is 676. The summed E-state index contributed by atoms with van der Waals surface area (Å²) in [4.78, 5) is 12.9. The number of ether oxygens (including phenoxy) is 1. The second-order valence-corrected chi connectivity index (χ2v) is 6.04. The first-order valence-corrected chi connectivity index (χ1v) is 8.70. The molecule has 26 heavy (non-hydrogen) atoms. The van der Waals surface area contributed by atoms with E-state index in [2.05, 4.69) is 10.2 Å². The molecule has 0 amide bonds. The number of hydrogen-bond donors (Lipinski definition) is 3. The molecule has 1 heterocycles. The summed E-state index contributed by atoms with van der Waals surface area (Å²) in [6, 6.07) is 9.08. The molecule has 1 aromatic heterocycles. The minimum absolute atomic E-state index is 0.106. The van der Waals surface area contributed by atoms with Gasteiger partial charge >= 0.3 is 5.97 Å². The first-order chi connectivity index (χ1) is 12.5. The van der Waals surface area contributed by atoms with E-state index in [1.807, 2.05) is 25.1 Å². The summed E-state index contributed by atoms with van der Waals surface area (Å²) < 4.78 is 4.93. The Hall–Kier alpha value is -2.29. The number of hydrogen-bond acceptors (Lipinski definition) is 7. The van der Waals surface area contributed by atoms with Gasteiger partial charge in [-0.25, -0.2) is 0 Å². The fourth-order valence-corrected chi connectivity index (χ4v) is 2.35. The zero-order valence-electron chi connectivity index (χ0n) is 14.7. The van der Waals surface area contributed by atoms with E-state index in [0.29, 0.717) is 5.69 Å². The number of aromatic nitrogens is 3. The van der Waals surface area contributed by atoms with Crippen molar-refractivity contribution in [3.05, 3.63) is 42.2 Å². The molecule has 8 heteroatoms. The minimum atomic E-state index is -1.56. The van der Waals surface area contributed by atoms with E-state index in [1.54, 1.807) is 12.1 Å². The third-order valence-corrected chi connectivity index (χ3v) is 3.92. The van der Waals surface area contributed by atoms with Crippen molar-refractivity contribution in [1.29, 1.82) is 0 Å². The van der Waals surface area contributed by atoms with E-state index in [-0.39, 0.29) is 12.1 Å². The van der Waals surface area contributed by atoms with Gasteiger partial charge in [0.1, 0.15) is 30.6 Å². The van der Waals surface area contributed by atoms with Crippen LogP contribution in [0.3, 0.4) is 0 Å². The Morgan fingerprint density at radius 2 is 1.92 bits per heavy atom. The molecule has 0 saturated carbocycles. The van der Waals surface area contributed by atoms with Gasteiger partial charge in [0.2, 0.25) is 0 Å². The van der Waals surface area contributed by atoms with E-state index >= 15 is 0 Å². The van der Waals surface area contributed by atoms with Crippen LogP contribution in [-0.2, 0) is 9.53 Å².